The Labute approximate surface area is 106 Å². The van der Waals surface area contributed by atoms with Crippen molar-refractivity contribution < 1.29 is 0 Å². The van der Waals surface area contributed by atoms with Gasteiger partial charge in [0.05, 0.1) is 16.7 Å². The molecule has 2 aromatic rings. The van der Waals surface area contributed by atoms with Gasteiger partial charge in [-0.15, -0.1) is 11.3 Å². The van der Waals surface area contributed by atoms with E-state index < -0.39 is 0 Å². The molecule has 1 unspecified atom stereocenters. The smallest absolute Gasteiger partial charge is 0.148 e. The molecule has 4 nitrogen and oxygen atoms in total. The van der Waals surface area contributed by atoms with Gasteiger partial charge in [-0.05, 0) is 27.7 Å². The van der Waals surface area contributed by atoms with E-state index in [1.807, 2.05) is 31.6 Å². The van der Waals surface area contributed by atoms with E-state index in [1.54, 1.807) is 11.3 Å². The van der Waals surface area contributed by atoms with Crippen LogP contribution in [-0.4, -0.2) is 14.8 Å². The molecule has 0 aliphatic heterocycles. The number of rotatable bonds is 3. The first-order valence-electron chi connectivity index (χ1n) is 5.68. The van der Waals surface area contributed by atoms with Crippen LogP contribution in [0.15, 0.2) is 6.07 Å². The van der Waals surface area contributed by atoms with Gasteiger partial charge < -0.3 is 5.32 Å². The topological polar surface area (TPSA) is 42.7 Å². The molecular weight excluding hydrogens is 232 g/mol. The lowest BCUT2D eigenvalue weighted by molar-refractivity contribution is 0.733. The number of aromatic nitrogens is 3. The predicted octanol–water partition coefficient (Wildman–Crippen LogP) is 2.97. The first kappa shape index (κ1) is 12.1. The lowest BCUT2D eigenvalue weighted by atomic mass is 10.2. The third-order valence-corrected chi connectivity index (χ3v) is 3.73. The third kappa shape index (κ3) is 2.49. The molecule has 0 aliphatic carbocycles. The average Bonchev–Trinajstić information content (AvgIpc) is 2.71. The van der Waals surface area contributed by atoms with Crippen molar-refractivity contribution in [1.82, 2.24) is 14.8 Å². The zero-order valence-electron chi connectivity index (χ0n) is 10.9. The van der Waals surface area contributed by atoms with E-state index in [9.17, 15) is 0 Å². The zero-order chi connectivity index (χ0) is 12.6. The Bertz CT molecular complexity index is 507. The number of hydrogen-bond donors (Lipinski definition) is 1. The Hall–Kier alpha value is -1.36. The van der Waals surface area contributed by atoms with Gasteiger partial charge in [0, 0.05) is 23.7 Å². The highest BCUT2D eigenvalue weighted by Gasteiger charge is 2.14. The fraction of sp³-hybridized carbons (Fsp3) is 0.500. The van der Waals surface area contributed by atoms with Gasteiger partial charge in [-0.2, -0.15) is 5.10 Å². The van der Waals surface area contributed by atoms with Crippen LogP contribution in [0.5, 0.6) is 0 Å². The van der Waals surface area contributed by atoms with Crippen molar-refractivity contribution in [1.29, 1.82) is 0 Å². The van der Waals surface area contributed by atoms with Gasteiger partial charge in [0.1, 0.15) is 5.82 Å². The van der Waals surface area contributed by atoms with Gasteiger partial charge in [0.15, 0.2) is 0 Å². The molecule has 1 N–H and O–H groups in total. The molecule has 5 heteroatoms. The monoisotopic (exact) mass is 250 g/mol. The molecule has 92 valence electrons. The maximum absolute atomic E-state index is 4.56. The molecule has 0 fully saturated rings. The van der Waals surface area contributed by atoms with Crippen LogP contribution in [0.1, 0.15) is 34.2 Å². The standard InChI is InChI=1S/C12H18N4S/c1-7-6-11(15-16(7)5)13-8(2)12-9(3)17-10(4)14-12/h6,8H,1-5H3,(H,13,15). The van der Waals surface area contributed by atoms with E-state index in [1.165, 1.54) is 4.88 Å². The van der Waals surface area contributed by atoms with E-state index in [2.05, 4.69) is 29.2 Å². The highest BCUT2D eigenvalue weighted by molar-refractivity contribution is 7.11. The molecule has 0 saturated carbocycles. The van der Waals surface area contributed by atoms with Crippen LogP contribution in [0.4, 0.5) is 5.82 Å². The largest absolute Gasteiger partial charge is 0.360 e. The summed E-state index contributed by atoms with van der Waals surface area (Å²) in [5, 5.41) is 8.89. The van der Waals surface area contributed by atoms with E-state index in [4.69, 9.17) is 0 Å². The molecule has 0 aromatic carbocycles. The summed E-state index contributed by atoms with van der Waals surface area (Å²) in [5.41, 5.74) is 2.27. The number of nitrogens with zero attached hydrogens (tertiary/aromatic N) is 3. The predicted molar refractivity (Wildman–Crippen MR) is 71.6 cm³/mol. The Kier molecular flexibility index (Phi) is 3.19. The van der Waals surface area contributed by atoms with Crippen LogP contribution in [0, 0.1) is 20.8 Å². The van der Waals surface area contributed by atoms with E-state index in [-0.39, 0.29) is 6.04 Å². The van der Waals surface area contributed by atoms with Gasteiger partial charge in [-0.1, -0.05) is 0 Å². The number of nitrogens with one attached hydrogen (secondary N) is 1. The van der Waals surface area contributed by atoms with Crippen molar-refractivity contribution in [3.63, 3.8) is 0 Å². The first-order chi connectivity index (χ1) is 7.97. The molecule has 0 spiro atoms. The van der Waals surface area contributed by atoms with Crippen LogP contribution >= 0.6 is 11.3 Å². The summed E-state index contributed by atoms with van der Waals surface area (Å²) in [7, 11) is 1.95. The van der Waals surface area contributed by atoms with Gasteiger partial charge in [0.25, 0.3) is 0 Å². The summed E-state index contributed by atoms with van der Waals surface area (Å²) in [5.74, 6) is 0.905. The molecule has 2 rings (SSSR count). The maximum atomic E-state index is 4.56. The Morgan fingerprint density at radius 3 is 2.53 bits per heavy atom. The second-order valence-corrected chi connectivity index (χ2v) is 5.74. The van der Waals surface area contributed by atoms with Gasteiger partial charge >= 0.3 is 0 Å². The minimum absolute atomic E-state index is 0.189. The van der Waals surface area contributed by atoms with Gasteiger partial charge in [-0.3, -0.25) is 4.68 Å². The molecule has 2 heterocycles. The molecule has 1 atom stereocenters. The fourth-order valence-electron chi connectivity index (χ4n) is 1.87. The number of thiazole rings is 1. The SMILES string of the molecule is Cc1nc(C(C)Nc2cc(C)n(C)n2)c(C)s1. The summed E-state index contributed by atoms with van der Waals surface area (Å²) in [4.78, 5) is 5.83. The second kappa shape index (κ2) is 4.49. The Morgan fingerprint density at radius 2 is 2.06 bits per heavy atom. The zero-order valence-corrected chi connectivity index (χ0v) is 11.7. The molecule has 0 radical (unpaired) electrons. The van der Waals surface area contributed by atoms with Crippen molar-refractivity contribution >= 4 is 17.2 Å². The van der Waals surface area contributed by atoms with Crippen LogP contribution < -0.4 is 5.32 Å². The average molecular weight is 250 g/mol. The summed E-state index contributed by atoms with van der Waals surface area (Å²) in [6, 6.07) is 2.24. The van der Waals surface area contributed by atoms with Crippen molar-refractivity contribution in [2.45, 2.75) is 33.7 Å². The van der Waals surface area contributed by atoms with Gasteiger partial charge in [0.2, 0.25) is 0 Å². The quantitative estimate of drug-likeness (QED) is 0.910. The third-order valence-electron chi connectivity index (χ3n) is 2.83. The Morgan fingerprint density at radius 1 is 1.35 bits per heavy atom. The summed E-state index contributed by atoms with van der Waals surface area (Å²) in [6.45, 7) is 8.31. The molecule has 0 amide bonds. The van der Waals surface area contributed by atoms with Crippen molar-refractivity contribution in [2.75, 3.05) is 5.32 Å². The minimum atomic E-state index is 0.189. The van der Waals surface area contributed by atoms with E-state index in [0.29, 0.717) is 0 Å². The summed E-state index contributed by atoms with van der Waals surface area (Å²) >= 11 is 1.74. The number of anilines is 1. The molecule has 0 bridgehead atoms. The maximum Gasteiger partial charge on any atom is 0.148 e. The molecule has 2 aromatic heterocycles. The minimum Gasteiger partial charge on any atom is -0.360 e. The van der Waals surface area contributed by atoms with Crippen molar-refractivity contribution in [3.05, 3.63) is 27.3 Å². The highest BCUT2D eigenvalue weighted by Crippen LogP contribution is 2.25. The van der Waals surface area contributed by atoms with E-state index >= 15 is 0 Å². The first-order valence-corrected chi connectivity index (χ1v) is 6.50. The lowest BCUT2D eigenvalue weighted by Crippen LogP contribution is -2.09. The van der Waals surface area contributed by atoms with Crippen LogP contribution in [-0.2, 0) is 7.05 Å². The normalized spacial score (nSPS) is 12.8. The number of aryl methyl sites for hydroxylation is 4. The second-order valence-electron chi connectivity index (χ2n) is 4.33. The molecule has 0 saturated heterocycles. The van der Waals surface area contributed by atoms with Crippen molar-refractivity contribution in [3.8, 4) is 0 Å². The molecule has 17 heavy (non-hydrogen) atoms. The molecule has 0 aliphatic rings. The van der Waals surface area contributed by atoms with Gasteiger partial charge in [-0.25, -0.2) is 4.98 Å². The van der Waals surface area contributed by atoms with Crippen molar-refractivity contribution in [2.24, 2.45) is 7.05 Å². The summed E-state index contributed by atoms with van der Waals surface area (Å²) < 4.78 is 1.87. The molecular formula is C12H18N4S. The number of hydrogen-bond acceptors (Lipinski definition) is 4. The Balaban J connectivity index is 2.16. The van der Waals surface area contributed by atoms with E-state index in [0.717, 1.165) is 22.2 Å². The lowest BCUT2D eigenvalue weighted by Gasteiger charge is -2.11. The van der Waals surface area contributed by atoms with Crippen LogP contribution in [0.2, 0.25) is 0 Å². The fourth-order valence-corrected chi connectivity index (χ4v) is 2.78. The van der Waals surface area contributed by atoms with Crippen LogP contribution in [0.3, 0.4) is 0 Å². The highest BCUT2D eigenvalue weighted by atomic mass is 32.1. The summed E-state index contributed by atoms with van der Waals surface area (Å²) in [6.07, 6.45) is 0. The van der Waals surface area contributed by atoms with Crippen LogP contribution in [0.25, 0.3) is 0 Å².